The molecule has 6 heteroatoms. The molecule has 0 aromatic heterocycles. The molecule has 0 bridgehead atoms. The van der Waals surface area contributed by atoms with Crippen molar-refractivity contribution >= 4 is 11.6 Å². The number of benzene rings is 1. The molecular weight excluding hydrogens is 212 g/mol. The Kier molecular flexibility index (Phi) is 2.66. The van der Waals surface area contributed by atoms with Crippen LogP contribution in [0.2, 0.25) is 5.02 Å². The van der Waals surface area contributed by atoms with Crippen LogP contribution in [0.5, 0.6) is 5.75 Å². The number of alkyl halides is 3. The van der Waals surface area contributed by atoms with E-state index in [9.17, 15) is 17.6 Å². The maximum absolute atomic E-state index is 12.6. The van der Waals surface area contributed by atoms with Gasteiger partial charge in [-0.3, -0.25) is 0 Å². The molecule has 0 aliphatic rings. The van der Waals surface area contributed by atoms with Crippen molar-refractivity contribution in [3.8, 4) is 5.75 Å². The van der Waals surface area contributed by atoms with Crippen molar-refractivity contribution in [2.75, 3.05) is 0 Å². The molecule has 0 saturated heterocycles. The summed E-state index contributed by atoms with van der Waals surface area (Å²) in [6, 6.07) is 2.48. The van der Waals surface area contributed by atoms with Crippen molar-refractivity contribution < 1.29 is 22.3 Å². The minimum atomic E-state index is -4.82. The molecule has 0 heterocycles. The van der Waals surface area contributed by atoms with Gasteiger partial charge < -0.3 is 4.74 Å². The monoisotopic (exact) mass is 214 g/mol. The largest absolute Gasteiger partial charge is 0.573 e. The van der Waals surface area contributed by atoms with Crippen LogP contribution < -0.4 is 4.74 Å². The third kappa shape index (κ3) is 3.10. The molecular formula is C7H3ClF4O. The standard InChI is InChI=1S/C7H3ClF4O/c8-5-2-1-4(3-6(5)9)13-7(10,11)12/h1-3H. The molecule has 1 aromatic rings. The summed E-state index contributed by atoms with van der Waals surface area (Å²) in [6.45, 7) is 0. The van der Waals surface area contributed by atoms with Gasteiger partial charge in [0.25, 0.3) is 0 Å². The van der Waals surface area contributed by atoms with E-state index >= 15 is 0 Å². The van der Waals surface area contributed by atoms with E-state index in [0.717, 1.165) is 12.1 Å². The summed E-state index contributed by atoms with van der Waals surface area (Å²) in [6.07, 6.45) is -4.82. The van der Waals surface area contributed by atoms with Gasteiger partial charge in [-0.05, 0) is 12.1 Å². The third-order valence-electron chi connectivity index (χ3n) is 1.12. The molecule has 1 aromatic carbocycles. The van der Waals surface area contributed by atoms with E-state index in [2.05, 4.69) is 4.74 Å². The average Bonchev–Trinajstić information content (AvgIpc) is 1.94. The van der Waals surface area contributed by atoms with Gasteiger partial charge in [0.15, 0.2) is 0 Å². The molecule has 0 spiro atoms. The summed E-state index contributed by atoms with van der Waals surface area (Å²) in [7, 11) is 0. The number of halogens is 5. The van der Waals surface area contributed by atoms with Crippen LogP contribution in [0, 0.1) is 5.82 Å². The third-order valence-corrected chi connectivity index (χ3v) is 1.43. The van der Waals surface area contributed by atoms with E-state index in [4.69, 9.17) is 11.6 Å². The molecule has 0 saturated carbocycles. The van der Waals surface area contributed by atoms with Crippen LogP contribution in [0.1, 0.15) is 0 Å². The number of rotatable bonds is 1. The Morgan fingerprint density at radius 3 is 2.31 bits per heavy atom. The number of ether oxygens (including phenoxy) is 1. The van der Waals surface area contributed by atoms with E-state index in [0.29, 0.717) is 6.07 Å². The predicted molar refractivity (Wildman–Crippen MR) is 38.1 cm³/mol. The van der Waals surface area contributed by atoms with Crippen LogP contribution in [0.3, 0.4) is 0 Å². The fourth-order valence-corrected chi connectivity index (χ4v) is 0.792. The normalized spacial score (nSPS) is 11.5. The van der Waals surface area contributed by atoms with Crippen molar-refractivity contribution in [1.82, 2.24) is 0 Å². The summed E-state index contributed by atoms with van der Waals surface area (Å²) >= 11 is 5.24. The highest BCUT2D eigenvalue weighted by molar-refractivity contribution is 6.30. The van der Waals surface area contributed by atoms with Gasteiger partial charge in [0, 0.05) is 6.07 Å². The predicted octanol–water partition coefficient (Wildman–Crippen LogP) is 3.38. The molecule has 0 aliphatic heterocycles. The van der Waals surface area contributed by atoms with Gasteiger partial charge in [0.2, 0.25) is 0 Å². The van der Waals surface area contributed by atoms with Crippen molar-refractivity contribution in [2.45, 2.75) is 6.36 Å². The first-order valence-corrected chi connectivity index (χ1v) is 3.47. The van der Waals surface area contributed by atoms with E-state index in [1.54, 1.807) is 0 Å². The molecule has 0 fully saturated rings. The number of hydrogen-bond acceptors (Lipinski definition) is 1. The van der Waals surface area contributed by atoms with E-state index in [-0.39, 0.29) is 5.02 Å². The topological polar surface area (TPSA) is 9.23 Å². The summed E-state index contributed by atoms with van der Waals surface area (Å²) in [5, 5.41) is -0.255. The van der Waals surface area contributed by atoms with Crippen LogP contribution in [-0.4, -0.2) is 6.36 Å². The van der Waals surface area contributed by atoms with Crippen LogP contribution in [0.4, 0.5) is 17.6 Å². The van der Waals surface area contributed by atoms with Crippen molar-refractivity contribution in [1.29, 1.82) is 0 Å². The zero-order valence-electron chi connectivity index (χ0n) is 6.03. The average molecular weight is 215 g/mol. The molecule has 13 heavy (non-hydrogen) atoms. The minimum Gasteiger partial charge on any atom is -0.406 e. The first-order chi connectivity index (χ1) is 5.88. The Bertz CT molecular complexity index is 310. The van der Waals surface area contributed by atoms with Crippen molar-refractivity contribution in [3.05, 3.63) is 29.0 Å². The molecule has 0 atom stereocenters. The van der Waals surface area contributed by atoms with Gasteiger partial charge in [-0.2, -0.15) is 0 Å². The minimum absolute atomic E-state index is 0.255. The molecule has 0 radical (unpaired) electrons. The van der Waals surface area contributed by atoms with Crippen LogP contribution in [-0.2, 0) is 0 Å². The maximum atomic E-state index is 12.6. The summed E-state index contributed by atoms with van der Waals surface area (Å²) in [5.41, 5.74) is 0. The van der Waals surface area contributed by atoms with E-state index in [1.165, 1.54) is 0 Å². The first-order valence-electron chi connectivity index (χ1n) is 3.09. The molecule has 1 nitrogen and oxygen atoms in total. The first kappa shape index (κ1) is 10.1. The smallest absolute Gasteiger partial charge is 0.406 e. The molecule has 0 unspecified atom stereocenters. The lowest BCUT2D eigenvalue weighted by Crippen LogP contribution is -2.17. The van der Waals surface area contributed by atoms with Crippen molar-refractivity contribution in [3.63, 3.8) is 0 Å². The number of hydrogen-bond donors (Lipinski definition) is 0. The molecule has 0 N–H and O–H groups in total. The van der Waals surface area contributed by atoms with Gasteiger partial charge in [-0.1, -0.05) is 11.6 Å². The highest BCUT2D eigenvalue weighted by Crippen LogP contribution is 2.25. The Labute approximate surface area is 75.9 Å². The SMILES string of the molecule is Fc1cc(OC(F)(F)F)ccc1Cl. The molecule has 0 aliphatic carbocycles. The highest BCUT2D eigenvalue weighted by atomic mass is 35.5. The summed E-state index contributed by atoms with van der Waals surface area (Å²) in [5.74, 6) is -1.59. The van der Waals surface area contributed by atoms with Crippen LogP contribution in [0.25, 0.3) is 0 Å². The second kappa shape index (κ2) is 3.41. The van der Waals surface area contributed by atoms with Gasteiger partial charge >= 0.3 is 6.36 Å². The van der Waals surface area contributed by atoms with Gasteiger partial charge in [0.05, 0.1) is 5.02 Å². The Morgan fingerprint density at radius 1 is 1.23 bits per heavy atom. The quantitative estimate of drug-likeness (QED) is 0.651. The zero-order valence-corrected chi connectivity index (χ0v) is 6.79. The van der Waals surface area contributed by atoms with Crippen LogP contribution >= 0.6 is 11.6 Å². The Balaban J connectivity index is 2.86. The zero-order chi connectivity index (χ0) is 10.1. The van der Waals surface area contributed by atoms with E-state index in [1.807, 2.05) is 0 Å². The second-order valence-corrected chi connectivity index (χ2v) is 2.53. The second-order valence-electron chi connectivity index (χ2n) is 2.12. The van der Waals surface area contributed by atoms with Gasteiger partial charge in [-0.15, -0.1) is 13.2 Å². The molecule has 1 rings (SSSR count). The molecule has 0 amide bonds. The molecule has 72 valence electrons. The fourth-order valence-electron chi connectivity index (χ4n) is 0.674. The van der Waals surface area contributed by atoms with E-state index < -0.39 is 17.9 Å². The lowest BCUT2D eigenvalue weighted by atomic mass is 10.3. The lowest BCUT2D eigenvalue weighted by Gasteiger charge is -2.08. The lowest BCUT2D eigenvalue weighted by molar-refractivity contribution is -0.274. The van der Waals surface area contributed by atoms with Crippen molar-refractivity contribution in [2.24, 2.45) is 0 Å². The van der Waals surface area contributed by atoms with Gasteiger partial charge in [-0.25, -0.2) is 4.39 Å². The Morgan fingerprint density at radius 2 is 1.85 bits per heavy atom. The summed E-state index contributed by atoms with van der Waals surface area (Å²) in [4.78, 5) is 0. The van der Waals surface area contributed by atoms with Crippen LogP contribution in [0.15, 0.2) is 18.2 Å². The highest BCUT2D eigenvalue weighted by Gasteiger charge is 2.31. The van der Waals surface area contributed by atoms with Gasteiger partial charge in [0.1, 0.15) is 11.6 Å². The fraction of sp³-hybridized carbons (Fsp3) is 0.143. The maximum Gasteiger partial charge on any atom is 0.573 e. The Hall–Kier alpha value is -0.970. The summed E-state index contributed by atoms with van der Waals surface area (Å²) < 4.78 is 50.8.